The Hall–Kier alpha value is -1.69. The zero-order chi connectivity index (χ0) is 13.8. The summed E-state index contributed by atoms with van der Waals surface area (Å²) in [6, 6.07) is 12.2. The first-order chi connectivity index (χ1) is 9.10. The van der Waals surface area contributed by atoms with E-state index < -0.39 is 11.8 Å². The van der Waals surface area contributed by atoms with Crippen LogP contribution in [0.1, 0.15) is 0 Å². The highest BCUT2D eigenvalue weighted by molar-refractivity contribution is 14.1. The fourth-order valence-corrected chi connectivity index (χ4v) is 1.92. The molecule has 0 bridgehead atoms. The topological polar surface area (TPSA) is 26.3 Å². The van der Waals surface area contributed by atoms with Crippen LogP contribution in [0, 0.1) is 9.39 Å². The number of carbonyl (C=O) groups excluding carboxylic acids is 1. The number of benzene rings is 2. The van der Waals surface area contributed by atoms with Crippen molar-refractivity contribution in [2.24, 2.45) is 0 Å². The molecule has 2 nitrogen and oxygen atoms in total. The third-order valence-corrected chi connectivity index (χ3v) is 3.21. The third kappa shape index (κ3) is 3.41. The molecule has 0 aromatic heterocycles. The molecule has 0 fully saturated rings. The van der Waals surface area contributed by atoms with Crippen molar-refractivity contribution < 1.29 is 13.9 Å². The van der Waals surface area contributed by atoms with E-state index in [-0.39, 0.29) is 5.75 Å². The molecule has 0 atom stereocenters. The summed E-state index contributed by atoms with van der Waals surface area (Å²) in [6.45, 7) is 3.26. The lowest BCUT2D eigenvalue weighted by molar-refractivity contribution is -0.129. The highest BCUT2D eigenvalue weighted by Gasteiger charge is 2.08. The highest BCUT2D eigenvalue weighted by atomic mass is 127. The number of ether oxygens (including phenoxy) is 1. The Morgan fingerprint density at radius 3 is 2.37 bits per heavy atom. The van der Waals surface area contributed by atoms with Gasteiger partial charge in [0.25, 0.3) is 0 Å². The lowest BCUT2D eigenvalue weighted by Crippen LogP contribution is -2.04. The largest absolute Gasteiger partial charge is 0.420 e. The molecule has 4 heteroatoms. The second-order valence-corrected chi connectivity index (χ2v) is 5.02. The van der Waals surface area contributed by atoms with Gasteiger partial charge in [-0.15, -0.1) is 0 Å². The van der Waals surface area contributed by atoms with Crippen molar-refractivity contribution in [2.45, 2.75) is 0 Å². The molecule has 0 aliphatic rings. The first kappa shape index (κ1) is 13.7. The van der Waals surface area contributed by atoms with Crippen LogP contribution in [0.15, 0.2) is 55.1 Å². The van der Waals surface area contributed by atoms with Crippen LogP contribution >= 0.6 is 22.6 Å². The van der Waals surface area contributed by atoms with E-state index in [2.05, 4.69) is 29.2 Å². The predicted octanol–water partition coefficient (Wildman–Crippen LogP) is 4.19. The van der Waals surface area contributed by atoms with Crippen molar-refractivity contribution in [2.75, 3.05) is 0 Å². The van der Waals surface area contributed by atoms with Crippen molar-refractivity contribution in [3.05, 3.63) is 64.5 Å². The van der Waals surface area contributed by atoms with Gasteiger partial charge in [0.1, 0.15) is 0 Å². The molecule has 19 heavy (non-hydrogen) atoms. The molecule has 96 valence electrons. The molecular formula is C15H10FIO2. The summed E-state index contributed by atoms with van der Waals surface area (Å²) in [6.07, 6.45) is 0.993. The SMILES string of the molecule is C=CC(=O)Oc1ccc(-c2ccc(I)cc2)cc1F. The number of esters is 1. The second-order valence-electron chi connectivity index (χ2n) is 3.78. The normalized spacial score (nSPS) is 10.0. The zero-order valence-electron chi connectivity index (χ0n) is 9.90. The average molecular weight is 368 g/mol. The molecule has 0 radical (unpaired) electrons. The minimum absolute atomic E-state index is 0.0980. The summed E-state index contributed by atoms with van der Waals surface area (Å²) < 4.78 is 19.7. The maximum absolute atomic E-state index is 13.8. The summed E-state index contributed by atoms with van der Waals surface area (Å²) in [7, 11) is 0. The van der Waals surface area contributed by atoms with Crippen molar-refractivity contribution in [3.63, 3.8) is 0 Å². The maximum atomic E-state index is 13.8. The summed E-state index contributed by atoms with van der Waals surface area (Å²) in [5.74, 6) is -1.36. The number of rotatable bonds is 3. The van der Waals surface area contributed by atoms with Crippen LogP contribution in [0.5, 0.6) is 5.75 Å². The molecule has 2 aromatic rings. The first-order valence-corrected chi connectivity index (χ1v) is 6.58. The van der Waals surface area contributed by atoms with Gasteiger partial charge in [-0.25, -0.2) is 9.18 Å². The highest BCUT2D eigenvalue weighted by Crippen LogP contribution is 2.26. The van der Waals surface area contributed by atoms with Gasteiger partial charge in [-0.2, -0.15) is 0 Å². The van der Waals surface area contributed by atoms with Gasteiger partial charge < -0.3 is 4.74 Å². The van der Waals surface area contributed by atoms with Crippen LogP contribution in [0.2, 0.25) is 0 Å². The number of hydrogen-bond acceptors (Lipinski definition) is 2. The maximum Gasteiger partial charge on any atom is 0.335 e. The lowest BCUT2D eigenvalue weighted by Gasteiger charge is -2.06. The fraction of sp³-hybridized carbons (Fsp3) is 0. The quantitative estimate of drug-likeness (QED) is 0.352. The lowest BCUT2D eigenvalue weighted by atomic mass is 10.1. The van der Waals surface area contributed by atoms with Crippen molar-refractivity contribution in [3.8, 4) is 16.9 Å². The first-order valence-electron chi connectivity index (χ1n) is 5.50. The molecule has 2 rings (SSSR count). The second kappa shape index (κ2) is 5.97. The Bertz CT molecular complexity index is 621. The van der Waals surface area contributed by atoms with Gasteiger partial charge in [0.2, 0.25) is 0 Å². The molecule has 0 saturated carbocycles. The summed E-state index contributed by atoms with van der Waals surface area (Å²) in [5, 5.41) is 0. The molecule has 0 unspecified atom stereocenters. The van der Waals surface area contributed by atoms with Crippen molar-refractivity contribution >= 4 is 28.6 Å². The Labute approximate surface area is 124 Å². The average Bonchev–Trinajstić information content (AvgIpc) is 2.41. The van der Waals surface area contributed by atoms with Crippen LogP contribution < -0.4 is 4.74 Å². The van der Waals surface area contributed by atoms with E-state index in [1.165, 1.54) is 12.1 Å². The van der Waals surface area contributed by atoms with Crippen molar-refractivity contribution in [1.29, 1.82) is 0 Å². The molecule has 0 amide bonds. The van der Waals surface area contributed by atoms with Crippen LogP contribution in [0.4, 0.5) is 4.39 Å². The van der Waals surface area contributed by atoms with Gasteiger partial charge in [0.05, 0.1) is 0 Å². The number of carbonyl (C=O) groups is 1. The Morgan fingerprint density at radius 1 is 1.16 bits per heavy atom. The monoisotopic (exact) mass is 368 g/mol. The molecule has 0 heterocycles. The summed E-state index contributed by atoms with van der Waals surface area (Å²) >= 11 is 2.20. The van der Waals surface area contributed by atoms with Gasteiger partial charge in [0.15, 0.2) is 11.6 Å². The van der Waals surface area contributed by atoms with Crippen LogP contribution in [0.3, 0.4) is 0 Å². The van der Waals surface area contributed by atoms with E-state index in [1.54, 1.807) is 6.07 Å². The zero-order valence-corrected chi connectivity index (χ0v) is 12.1. The van der Waals surface area contributed by atoms with Gasteiger partial charge in [-0.1, -0.05) is 24.8 Å². The Morgan fingerprint density at radius 2 is 1.79 bits per heavy atom. The van der Waals surface area contributed by atoms with E-state index >= 15 is 0 Å². The van der Waals surface area contributed by atoms with Gasteiger partial charge >= 0.3 is 5.97 Å². The molecule has 2 aromatic carbocycles. The van der Waals surface area contributed by atoms with Gasteiger partial charge in [-0.3, -0.25) is 0 Å². The van der Waals surface area contributed by atoms with Crippen LogP contribution in [0.25, 0.3) is 11.1 Å². The van der Waals surface area contributed by atoms with Crippen LogP contribution in [-0.2, 0) is 4.79 Å². The standard InChI is InChI=1S/C15H10FIO2/c1-2-15(18)19-14-8-5-11(9-13(14)16)10-3-6-12(17)7-4-10/h2-9H,1H2. The van der Waals surface area contributed by atoms with Gasteiger partial charge in [-0.05, 0) is 58.0 Å². The summed E-state index contributed by atoms with van der Waals surface area (Å²) in [5.41, 5.74) is 1.63. The third-order valence-electron chi connectivity index (χ3n) is 2.49. The van der Waals surface area contributed by atoms with E-state index in [0.29, 0.717) is 0 Å². The number of halogens is 2. The molecule has 0 aliphatic heterocycles. The van der Waals surface area contributed by atoms with E-state index in [1.807, 2.05) is 24.3 Å². The molecule has 0 N–H and O–H groups in total. The smallest absolute Gasteiger partial charge is 0.335 e. The van der Waals surface area contributed by atoms with Crippen molar-refractivity contribution in [1.82, 2.24) is 0 Å². The van der Waals surface area contributed by atoms with Gasteiger partial charge in [0, 0.05) is 9.65 Å². The molecule has 0 spiro atoms. The minimum atomic E-state index is -0.680. The van der Waals surface area contributed by atoms with E-state index in [9.17, 15) is 9.18 Å². The molecular weight excluding hydrogens is 358 g/mol. The fourth-order valence-electron chi connectivity index (χ4n) is 1.56. The molecule has 0 aliphatic carbocycles. The van der Waals surface area contributed by atoms with E-state index in [4.69, 9.17) is 4.74 Å². The predicted molar refractivity (Wildman–Crippen MR) is 80.4 cm³/mol. The van der Waals surface area contributed by atoms with Crippen LogP contribution in [-0.4, -0.2) is 5.97 Å². The van der Waals surface area contributed by atoms with E-state index in [0.717, 1.165) is 20.8 Å². The minimum Gasteiger partial charge on any atom is -0.420 e. The Kier molecular flexibility index (Phi) is 4.31. The Balaban J connectivity index is 2.30. The summed E-state index contributed by atoms with van der Waals surface area (Å²) in [4.78, 5) is 11.0. The number of hydrogen-bond donors (Lipinski definition) is 0. The molecule has 0 saturated heterocycles.